The van der Waals surface area contributed by atoms with Crippen LogP contribution in [0.1, 0.15) is 25.0 Å². The van der Waals surface area contributed by atoms with E-state index in [2.05, 4.69) is 170 Å². The van der Waals surface area contributed by atoms with Gasteiger partial charge in [0.25, 0.3) is 0 Å². The molecule has 48 heavy (non-hydrogen) atoms. The predicted octanol–water partition coefficient (Wildman–Crippen LogP) is 12.7. The van der Waals surface area contributed by atoms with Gasteiger partial charge in [0.2, 0.25) is 0 Å². The van der Waals surface area contributed by atoms with Gasteiger partial charge < -0.3 is 15.1 Å². The van der Waals surface area contributed by atoms with Crippen molar-refractivity contribution in [2.75, 3.05) is 10.6 Å². The molecule has 230 valence electrons. The molecule has 0 amide bonds. The Labute approximate surface area is 280 Å². The Kier molecular flexibility index (Phi) is 6.48. The summed E-state index contributed by atoms with van der Waals surface area (Å²) in [6.45, 7) is 4.66. The highest BCUT2D eigenvalue weighted by atomic mass is 16.3. The molecule has 7 aromatic carbocycles. The number of nitrogens with one attached hydrogen (secondary N) is 2. The molecule has 1 aliphatic rings. The van der Waals surface area contributed by atoms with Crippen molar-refractivity contribution >= 4 is 44.7 Å². The highest BCUT2D eigenvalue weighted by Gasteiger charge is 2.35. The van der Waals surface area contributed by atoms with Crippen LogP contribution in [0.15, 0.2) is 162 Å². The second-order valence-corrected chi connectivity index (χ2v) is 13.2. The van der Waals surface area contributed by atoms with E-state index < -0.39 is 0 Å². The van der Waals surface area contributed by atoms with Gasteiger partial charge >= 0.3 is 0 Å². The molecule has 0 fully saturated rings. The summed E-state index contributed by atoms with van der Waals surface area (Å²) >= 11 is 0. The molecule has 0 aliphatic heterocycles. The van der Waals surface area contributed by atoms with Crippen LogP contribution >= 0.6 is 0 Å². The molecule has 0 unspecified atom stereocenters. The van der Waals surface area contributed by atoms with Crippen LogP contribution in [0, 0.1) is 0 Å². The minimum absolute atomic E-state index is 0.145. The second kappa shape index (κ2) is 11.0. The number of rotatable bonds is 6. The van der Waals surface area contributed by atoms with E-state index in [-0.39, 0.29) is 5.41 Å². The lowest BCUT2D eigenvalue weighted by Gasteiger charge is -2.23. The average Bonchev–Trinajstić information content (AvgIpc) is 3.61. The number of para-hydroxylation sites is 3. The van der Waals surface area contributed by atoms with Crippen LogP contribution in [0.4, 0.5) is 22.7 Å². The molecular weight excluding hydrogens is 585 g/mol. The summed E-state index contributed by atoms with van der Waals surface area (Å²) in [5.74, 6) is 0. The molecule has 1 aliphatic carbocycles. The van der Waals surface area contributed by atoms with Crippen molar-refractivity contribution in [2.24, 2.45) is 0 Å². The third-order valence-electron chi connectivity index (χ3n) is 9.86. The quantitative estimate of drug-likeness (QED) is 0.195. The van der Waals surface area contributed by atoms with Gasteiger partial charge in [-0.3, -0.25) is 0 Å². The minimum atomic E-state index is -0.145. The first-order chi connectivity index (χ1) is 23.5. The first-order valence-electron chi connectivity index (χ1n) is 16.5. The van der Waals surface area contributed by atoms with E-state index in [0.717, 1.165) is 55.8 Å². The van der Waals surface area contributed by atoms with Crippen molar-refractivity contribution in [2.45, 2.75) is 19.3 Å². The molecule has 0 radical (unpaired) electrons. The van der Waals surface area contributed by atoms with E-state index in [1.807, 2.05) is 12.1 Å². The second-order valence-electron chi connectivity index (χ2n) is 13.2. The van der Waals surface area contributed by atoms with Crippen LogP contribution in [-0.4, -0.2) is 0 Å². The summed E-state index contributed by atoms with van der Waals surface area (Å²) in [4.78, 5) is 0. The van der Waals surface area contributed by atoms with Gasteiger partial charge in [-0.25, -0.2) is 0 Å². The van der Waals surface area contributed by atoms with Crippen molar-refractivity contribution in [1.82, 2.24) is 0 Å². The summed E-state index contributed by atoms with van der Waals surface area (Å²) in [6, 6.07) is 55.9. The van der Waals surface area contributed by atoms with Crippen LogP contribution in [0.3, 0.4) is 0 Å². The SMILES string of the molecule is CC1(C)c2cc(Nc3ccc(-c4cccc5c4oc4ccccc45)cc3)ccc2-c2ccc(Nc3ccccc3-c3ccccc3)cc21. The maximum absolute atomic E-state index is 6.29. The third-order valence-corrected chi connectivity index (χ3v) is 9.86. The van der Waals surface area contributed by atoms with E-state index in [4.69, 9.17) is 4.42 Å². The van der Waals surface area contributed by atoms with Gasteiger partial charge in [0, 0.05) is 50.1 Å². The maximum Gasteiger partial charge on any atom is 0.143 e. The molecule has 0 saturated heterocycles. The van der Waals surface area contributed by atoms with Crippen LogP contribution in [-0.2, 0) is 5.41 Å². The zero-order valence-electron chi connectivity index (χ0n) is 26.9. The van der Waals surface area contributed by atoms with E-state index in [1.54, 1.807) is 0 Å². The number of hydrogen-bond donors (Lipinski definition) is 2. The Balaban J connectivity index is 0.978. The minimum Gasteiger partial charge on any atom is -0.455 e. The molecule has 3 heteroatoms. The Morgan fingerprint density at radius 1 is 0.438 bits per heavy atom. The molecule has 8 aromatic rings. The fraction of sp³-hybridized carbons (Fsp3) is 0.0667. The molecule has 0 spiro atoms. The molecule has 9 rings (SSSR count). The Morgan fingerprint density at radius 2 is 1.02 bits per heavy atom. The lowest BCUT2D eigenvalue weighted by atomic mass is 9.82. The lowest BCUT2D eigenvalue weighted by molar-refractivity contribution is 0.661. The van der Waals surface area contributed by atoms with Crippen molar-refractivity contribution in [3.8, 4) is 33.4 Å². The van der Waals surface area contributed by atoms with Crippen molar-refractivity contribution in [1.29, 1.82) is 0 Å². The molecule has 0 bridgehead atoms. The smallest absolute Gasteiger partial charge is 0.143 e. The van der Waals surface area contributed by atoms with Gasteiger partial charge in [-0.1, -0.05) is 123 Å². The number of fused-ring (bicyclic) bond motifs is 6. The van der Waals surface area contributed by atoms with Crippen LogP contribution in [0.2, 0.25) is 0 Å². The monoisotopic (exact) mass is 618 g/mol. The first-order valence-corrected chi connectivity index (χ1v) is 16.5. The number of hydrogen-bond acceptors (Lipinski definition) is 3. The van der Waals surface area contributed by atoms with Gasteiger partial charge in [-0.2, -0.15) is 0 Å². The molecule has 2 N–H and O–H groups in total. The average molecular weight is 619 g/mol. The highest BCUT2D eigenvalue weighted by molar-refractivity contribution is 6.09. The van der Waals surface area contributed by atoms with Crippen molar-refractivity contribution < 1.29 is 4.42 Å². The van der Waals surface area contributed by atoms with E-state index in [0.29, 0.717) is 0 Å². The maximum atomic E-state index is 6.29. The van der Waals surface area contributed by atoms with Crippen molar-refractivity contribution in [3.63, 3.8) is 0 Å². The van der Waals surface area contributed by atoms with Gasteiger partial charge in [0.05, 0.1) is 0 Å². The van der Waals surface area contributed by atoms with Crippen LogP contribution in [0.5, 0.6) is 0 Å². The van der Waals surface area contributed by atoms with E-state index in [1.165, 1.54) is 33.4 Å². The van der Waals surface area contributed by atoms with Gasteiger partial charge in [0.15, 0.2) is 0 Å². The van der Waals surface area contributed by atoms with Crippen LogP contribution < -0.4 is 10.6 Å². The topological polar surface area (TPSA) is 37.2 Å². The normalized spacial score (nSPS) is 13.0. The summed E-state index contributed by atoms with van der Waals surface area (Å²) < 4.78 is 6.29. The Morgan fingerprint density at radius 3 is 1.79 bits per heavy atom. The van der Waals surface area contributed by atoms with Gasteiger partial charge in [0.1, 0.15) is 11.2 Å². The fourth-order valence-electron chi connectivity index (χ4n) is 7.38. The molecule has 0 saturated carbocycles. The summed E-state index contributed by atoms with van der Waals surface area (Å²) in [5, 5.41) is 9.68. The summed E-state index contributed by atoms with van der Waals surface area (Å²) in [5.41, 5.74) is 15.9. The predicted molar refractivity (Wildman–Crippen MR) is 202 cm³/mol. The van der Waals surface area contributed by atoms with E-state index in [9.17, 15) is 0 Å². The highest BCUT2D eigenvalue weighted by Crippen LogP contribution is 2.50. The zero-order valence-corrected chi connectivity index (χ0v) is 26.9. The number of furan rings is 1. The van der Waals surface area contributed by atoms with Crippen LogP contribution in [0.25, 0.3) is 55.3 Å². The summed E-state index contributed by atoms with van der Waals surface area (Å²) in [7, 11) is 0. The third kappa shape index (κ3) is 4.66. The van der Waals surface area contributed by atoms with Gasteiger partial charge in [-0.05, 0) is 81.9 Å². The Hall–Kier alpha value is -6.06. The number of anilines is 4. The largest absolute Gasteiger partial charge is 0.455 e. The fourth-order valence-corrected chi connectivity index (χ4v) is 7.38. The molecule has 1 heterocycles. The standard InChI is InChI=1S/C45H34N2O/c1-45(2)40-27-32(46-31-21-19-30(20-22-31)35-15-10-16-39-38-14-7-9-18-43(38)48-44(35)39)23-25-36(40)37-26-24-33(28-41(37)45)47-42-17-8-6-13-34(42)29-11-4-3-5-12-29/h3-28,46-47H,1-2H3. The molecule has 3 nitrogen and oxygen atoms in total. The first kappa shape index (κ1) is 28.2. The molecular formula is C45H34N2O. The summed E-state index contributed by atoms with van der Waals surface area (Å²) in [6.07, 6.45) is 0. The number of benzene rings is 7. The molecule has 0 atom stereocenters. The lowest BCUT2D eigenvalue weighted by Crippen LogP contribution is -2.15. The molecule has 1 aromatic heterocycles. The van der Waals surface area contributed by atoms with Crippen molar-refractivity contribution in [3.05, 3.63) is 169 Å². The van der Waals surface area contributed by atoms with Gasteiger partial charge in [-0.15, -0.1) is 0 Å². The van der Waals surface area contributed by atoms with E-state index >= 15 is 0 Å². The Bertz CT molecular complexity index is 2470. The zero-order chi connectivity index (χ0) is 32.2.